The van der Waals surface area contributed by atoms with E-state index in [2.05, 4.69) is 20.1 Å². The minimum Gasteiger partial charge on any atom is -0.465 e. The summed E-state index contributed by atoms with van der Waals surface area (Å²) in [5.41, 5.74) is 0. The third kappa shape index (κ3) is 2.98. The number of carbonyl (C=O) groups is 1. The van der Waals surface area contributed by atoms with Gasteiger partial charge in [-0.05, 0) is 18.9 Å². The van der Waals surface area contributed by atoms with Gasteiger partial charge in [-0.2, -0.15) is 4.98 Å². The molecular weight excluding hydrogens is 260 g/mol. The highest BCUT2D eigenvalue weighted by molar-refractivity contribution is 5.77. The smallest absolute Gasteiger partial charge is 0.318 e. The Hall–Kier alpha value is -2.31. The van der Waals surface area contributed by atoms with Crippen molar-refractivity contribution >= 4 is 5.97 Å². The Morgan fingerprint density at radius 1 is 1.30 bits per heavy atom. The molecule has 0 radical (unpaired) electrons. The van der Waals surface area contributed by atoms with E-state index in [1.807, 2.05) is 13.8 Å². The van der Waals surface area contributed by atoms with Crippen molar-refractivity contribution in [1.29, 1.82) is 0 Å². The number of nitrogens with zero attached hydrogens (tertiary/aromatic N) is 4. The third-order valence-electron chi connectivity index (χ3n) is 2.68. The first-order valence-electron chi connectivity index (χ1n) is 6.41. The van der Waals surface area contributed by atoms with Crippen LogP contribution in [0, 0.1) is 5.92 Å². The molecule has 7 nitrogen and oxygen atoms in total. The lowest BCUT2D eigenvalue weighted by atomic mass is 9.96. The van der Waals surface area contributed by atoms with Crippen molar-refractivity contribution in [1.82, 2.24) is 20.1 Å². The van der Waals surface area contributed by atoms with Gasteiger partial charge in [0.2, 0.25) is 17.5 Å². The van der Waals surface area contributed by atoms with Crippen molar-refractivity contribution in [2.45, 2.75) is 26.7 Å². The Labute approximate surface area is 116 Å². The van der Waals surface area contributed by atoms with Gasteiger partial charge >= 0.3 is 5.97 Å². The van der Waals surface area contributed by atoms with Gasteiger partial charge in [0, 0.05) is 12.4 Å². The second-order valence-corrected chi connectivity index (χ2v) is 4.50. The molecule has 0 spiro atoms. The third-order valence-corrected chi connectivity index (χ3v) is 2.68. The summed E-state index contributed by atoms with van der Waals surface area (Å²) in [7, 11) is 0. The standard InChI is InChI=1S/C13H16N4O3/c1-4-19-13(18)9(8(2)3)12-16-11(17-20-12)10-14-6-5-7-15-10/h5-9H,4H2,1-3H3. The average molecular weight is 276 g/mol. The van der Waals surface area contributed by atoms with E-state index < -0.39 is 5.92 Å². The number of hydrogen-bond donors (Lipinski definition) is 0. The minimum absolute atomic E-state index is 0.0148. The Morgan fingerprint density at radius 3 is 2.60 bits per heavy atom. The van der Waals surface area contributed by atoms with E-state index in [0.717, 1.165) is 0 Å². The van der Waals surface area contributed by atoms with Crippen LogP contribution in [-0.4, -0.2) is 32.7 Å². The monoisotopic (exact) mass is 276 g/mol. The summed E-state index contributed by atoms with van der Waals surface area (Å²) in [6, 6.07) is 1.69. The van der Waals surface area contributed by atoms with Crippen LogP contribution >= 0.6 is 0 Å². The summed E-state index contributed by atoms with van der Waals surface area (Å²) < 4.78 is 10.2. The van der Waals surface area contributed by atoms with Gasteiger partial charge < -0.3 is 9.26 Å². The summed E-state index contributed by atoms with van der Waals surface area (Å²) >= 11 is 0. The first kappa shape index (κ1) is 14.1. The van der Waals surface area contributed by atoms with Crippen LogP contribution in [0.15, 0.2) is 23.0 Å². The van der Waals surface area contributed by atoms with Crippen molar-refractivity contribution in [3.05, 3.63) is 24.4 Å². The molecule has 106 valence electrons. The molecule has 0 saturated carbocycles. The molecule has 0 saturated heterocycles. The van der Waals surface area contributed by atoms with Gasteiger partial charge in [0.05, 0.1) is 6.61 Å². The largest absolute Gasteiger partial charge is 0.465 e. The van der Waals surface area contributed by atoms with E-state index in [1.54, 1.807) is 25.4 Å². The predicted octanol–water partition coefficient (Wildman–Crippen LogP) is 1.83. The number of esters is 1. The molecule has 2 aromatic heterocycles. The fraction of sp³-hybridized carbons (Fsp3) is 0.462. The zero-order valence-corrected chi connectivity index (χ0v) is 11.6. The van der Waals surface area contributed by atoms with Crippen LogP contribution in [0.3, 0.4) is 0 Å². The fourth-order valence-corrected chi connectivity index (χ4v) is 1.76. The quantitative estimate of drug-likeness (QED) is 0.769. The second kappa shape index (κ2) is 6.23. The normalized spacial score (nSPS) is 12.4. The summed E-state index contributed by atoms with van der Waals surface area (Å²) in [5.74, 6) is -0.129. The van der Waals surface area contributed by atoms with Gasteiger partial charge in [-0.25, -0.2) is 9.97 Å². The van der Waals surface area contributed by atoms with Crippen molar-refractivity contribution in [2.24, 2.45) is 5.92 Å². The second-order valence-electron chi connectivity index (χ2n) is 4.50. The summed E-state index contributed by atoms with van der Waals surface area (Å²) in [5, 5.41) is 3.81. The van der Waals surface area contributed by atoms with Gasteiger partial charge in [-0.3, -0.25) is 4.79 Å². The van der Waals surface area contributed by atoms with E-state index in [9.17, 15) is 4.79 Å². The van der Waals surface area contributed by atoms with Crippen molar-refractivity contribution in [3.63, 3.8) is 0 Å². The molecule has 0 N–H and O–H groups in total. The van der Waals surface area contributed by atoms with Gasteiger partial charge in [0.15, 0.2) is 0 Å². The molecule has 1 atom stereocenters. The Morgan fingerprint density at radius 2 is 2.00 bits per heavy atom. The molecule has 0 aromatic carbocycles. The summed E-state index contributed by atoms with van der Waals surface area (Å²) in [6.45, 7) is 5.85. The van der Waals surface area contributed by atoms with E-state index in [0.29, 0.717) is 12.4 Å². The lowest BCUT2D eigenvalue weighted by Gasteiger charge is -2.14. The number of ether oxygens (including phenoxy) is 1. The highest BCUT2D eigenvalue weighted by Crippen LogP contribution is 2.25. The maximum Gasteiger partial charge on any atom is 0.318 e. The van der Waals surface area contributed by atoms with Crippen LogP contribution in [-0.2, 0) is 9.53 Å². The topological polar surface area (TPSA) is 91.0 Å². The van der Waals surface area contributed by atoms with Gasteiger partial charge in [0.25, 0.3) is 0 Å². The SMILES string of the molecule is CCOC(=O)C(c1nc(-c2ncccn2)no1)C(C)C. The fourth-order valence-electron chi connectivity index (χ4n) is 1.76. The van der Waals surface area contributed by atoms with E-state index in [4.69, 9.17) is 9.26 Å². The molecule has 0 aliphatic carbocycles. The Balaban J connectivity index is 2.28. The first-order valence-corrected chi connectivity index (χ1v) is 6.41. The lowest BCUT2D eigenvalue weighted by molar-refractivity contribution is -0.146. The van der Waals surface area contributed by atoms with Crippen LogP contribution in [0.25, 0.3) is 11.6 Å². The number of aromatic nitrogens is 4. The lowest BCUT2D eigenvalue weighted by Crippen LogP contribution is -2.21. The summed E-state index contributed by atoms with van der Waals surface area (Å²) in [6.07, 6.45) is 3.17. The molecule has 1 unspecified atom stereocenters. The van der Waals surface area contributed by atoms with Crippen molar-refractivity contribution in [3.8, 4) is 11.6 Å². The molecule has 0 bridgehead atoms. The van der Waals surface area contributed by atoms with Gasteiger partial charge in [-0.15, -0.1) is 0 Å². The molecule has 0 fully saturated rings. The molecule has 2 heterocycles. The molecule has 0 aliphatic heterocycles. The zero-order valence-electron chi connectivity index (χ0n) is 11.6. The zero-order chi connectivity index (χ0) is 14.5. The average Bonchev–Trinajstić information content (AvgIpc) is 2.89. The van der Waals surface area contributed by atoms with Crippen molar-refractivity contribution in [2.75, 3.05) is 6.61 Å². The van der Waals surface area contributed by atoms with E-state index in [1.165, 1.54) is 0 Å². The Kier molecular flexibility index (Phi) is 4.39. The minimum atomic E-state index is -0.583. The van der Waals surface area contributed by atoms with Crippen LogP contribution < -0.4 is 0 Å². The molecule has 7 heteroatoms. The highest BCUT2D eigenvalue weighted by atomic mass is 16.5. The molecular formula is C13H16N4O3. The van der Waals surface area contributed by atoms with Crippen molar-refractivity contribution < 1.29 is 14.1 Å². The number of rotatable bonds is 5. The van der Waals surface area contributed by atoms with Crippen LogP contribution in [0.5, 0.6) is 0 Å². The van der Waals surface area contributed by atoms with Gasteiger partial charge in [-0.1, -0.05) is 19.0 Å². The number of hydrogen-bond acceptors (Lipinski definition) is 7. The molecule has 20 heavy (non-hydrogen) atoms. The van der Waals surface area contributed by atoms with Crippen LogP contribution in [0.1, 0.15) is 32.6 Å². The first-order chi connectivity index (χ1) is 9.63. The predicted molar refractivity (Wildman–Crippen MR) is 69.5 cm³/mol. The van der Waals surface area contributed by atoms with Crippen LogP contribution in [0.4, 0.5) is 0 Å². The molecule has 2 rings (SSSR count). The highest BCUT2D eigenvalue weighted by Gasteiger charge is 2.31. The Bertz CT molecular complexity index is 568. The molecule has 2 aromatic rings. The van der Waals surface area contributed by atoms with E-state index >= 15 is 0 Å². The van der Waals surface area contributed by atoms with Gasteiger partial charge in [0.1, 0.15) is 5.92 Å². The maximum atomic E-state index is 11.9. The molecule has 0 aliphatic rings. The maximum absolute atomic E-state index is 11.9. The molecule has 0 amide bonds. The van der Waals surface area contributed by atoms with Crippen LogP contribution in [0.2, 0.25) is 0 Å². The van der Waals surface area contributed by atoms with E-state index in [-0.39, 0.29) is 23.6 Å². The summed E-state index contributed by atoms with van der Waals surface area (Å²) in [4.78, 5) is 24.2. The number of carbonyl (C=O) groups excluding carboxylic acids is 1.